The van der Waals surface area contributed by atoms with Gasteiger partial charge >= 0.3 is 0 Å². The highest BCUT2D eigenvalue weighted by molar-refractivity contribution is 6.31. The predicted octanol–water partition coefficient (Wildman–Crippen LogP) is 3.66. The molecule has 2 aromatic rings. The number of hydrogen-bond acceptors (Lipinski definition) is 5. The first-order chi connectivity index (χ1) is 13.5. The van der Waals surface area contributed by atoms with Gasteiger partial charge in [0.05, 0.1) is 25.4 Å². The fourth-order valence-corrected chi connectivity index (χ4v) is 3.89. The van der Waals surface area contributed by atoms with Crippen LogP contribution >= 0.6 is 11.6 Å². The largest absolute Gasteiger partial charge is 0.494 e. The van der Waals surface area contributed by atoms with E-state index in [0.29, 0.717) is 24.5 Å². The van der Waals surface area contributed by atoms with Gasteiger partial charge in [-0.15, -0.1) is 0 Å². The first-order valence-electron chi connectivity index (χ1n) is 9.52. The molecular weight excluding hydrogens is 380 g/mol. The van der Waals surface area contributed by atoms with Crippen LogP contribution in [0.25, 0.3) is 0 Å². The second kappa shape index (κ2) is 9.25. The molecule has 3 atom stereocenters. The van der Waals surface area contributed by atoms with Crippen molar-refractivity contribution in [2.75, 3.05) is 20.3 Å². The number of rotatable bonds is 7. The zero-order valence-corrected chi connectivity index (χ0v) is 17.0. The predicted molar refractivity (Wildman–Crippen MR) is 108 cm³/mol. The third kappa shape index (κ3) is 4.50. The molecule has 0 saturated carbocycles. The third-order valence-electron chi connectivity index (χ3n) is 5.07. The van der Waals surface area contributed by atoms with Gasteiger partial charge in [0.15, 0.2) is 5.79 Å². The molecule has 0 bridgehead atoms. The van der Waals surface area contributed by atoms with Crippen molar-refractivity contribution in [2.45, 2.75) is 44.2 Å². The fourth-order valence-electron chi connectivity index (χ4n) is 3.71. The Morgan fingerprint density at radius 2 is 2.00 bits per heavy atom. The van der Waals surface area contributed by atoms with Crippen molar-refractivity contribution >= 4 is 11.6 Å². The van der Waals surface area contributed by atoms with E-state index in [2.05, 4.69) is 0 Å². The molecule has 1 fully saturated rings. The Kier molecular flexibility index (Phi) is 6.96. The van der Waals surface area contributed by atoms with Crippen LogP contribution in [-0.4, -0.2) is 42.7 Å². The van der Waals surface area contributed by atoms with Gasteiger partial charge in [-0.1, -0.05) is 35.9 Å². The van der Waals surface area contributed by atoms with Crippen LogP contribution in [0.1, 0.15) is 36.5 Å². The number of methoxy groups -OCH3 is 1. The third-order valence-corrected chi connectivity index (χ3v) is 5.44. The van der Waals surface area contributed by atoms with Gasteiger partial charge < -0.3 is 24.4 Å². The highest BCUT2D eigenvalue weighted by Gasteiger charge is 2.43. The summed E-state index contributed by atoms with van der Waals surface area (Å²) in [5.74, 6) is -0.290. The lowest BCUT2D eigenvalue weighted by atomic mass is 9.91. The zero-order chi connectivity index (χ0) is 20.1. The molecule has 2 N–H and O–H groups in total. The molecule has 1 saturated heterocycles. The molecule has 3 unspecified atom stereocenters. The van der Waals surface area contributed by atoms with Gasteiger partial charge in [0.25, 0.3) is 0 Å². The maximum Gasteiger partial charge on any atom is 0.197 e. The molecule has 28 heavy (non-hydrogen) atoms. The number of aliphatic hydroxyl groups is 2. The number of aliphatic hydroxyl groups excluding tert-OH is 2. The van der Waals surface area contributed by atoms with E-state index in [1.165, 1.54) is 0 Å². The first kappa shape index (κ1) is 21.1. The van der Waals surface area contributed by atoms with Gasteiger partial charge in [0, 0.05) is 37.0 Å². The summed E-state index contributed by atoms with van der Waals surface area (Å²) in [6.07, 6.45) is 0.153. The number of halogens is 1. The average Bonchev–Trinajstić information content (AvgIpc) is 2.70. The molecule has 1 heterocycles. The monoisotopic (exact) mass is 406 g/mol. The number of para-hydroxylation sites is 1. The van der Waals surface area contributed by atoms with Crippen LogP contribution in [0, 0.1) is 0 Å². The number of benzene rings is 2. The summed E-state index contributed by atoms with van der Waals surface area (Å²) < 4.78 is 17.5. The second-order valence-electron chi connectivity index (χ2n) is 7.00. The first-order valence-corrected chi connectivity index (χ1v) is 9.90. The molecule has 3 rings (SSSR count). The summed E-state index contributed by atoms with van der Waals surface area (Å²) in [5, 5.41) is 20.4. The van der Waals surface area contributed by atoms with E-state index in [4.69, 9.17) is 25.8 Å². The fraction of sp³-hybridized carbons (Fsp3) is 0.455. The SMILES string of the molecule is CCOc1ccccc1Cc1cc(C2(OC)CC(O)CC(CO)O2)ccc1Cl. The molecule has 0 spiro atoms. The van der Waals surface area contributed by atoms with Crippen LogP contribution in [0.2, 0.25) is 5.02 Å². The Hall–Kier alpha value is -1.63. The van der Waals surface area contributed by atoms with Gasteiger partial charge in [-0.25, -0.2) is 0 Å². The topological polar surface area (TPSA) is 68.2 Å². The minimum Gasteiger partial charge on any atom is -0.494 e. The summed E-state index contributed by atoms with van der Waals surface area (Å²) in [6, 6.07) is 13.5. The van der Waals surface area contributed by atoms with E-state index in [0.717, 1.165) is 22.4 Å². The maximum absolute atomic E-state index is 10.3. The number of ether oxygens (including phenoxy) is 3. The Bertz CT molecular complexity index is 796. The molecular formula is C22H27ClO5. The lowest BCUT2D eigenvalue weighted by Crippen LogP contribution is -2.46. The Labute approximate surface area is 170 Å². The van der Waals surface area contributed by atoms with E-state index in [1.54, 1.807) is 7.11 Å². The van der Waals surface area contributed by atoms with Crippen LogP contribution in [0.5, 0.6) is 5.75 Å². The summed E-state index contributed by atoms with van der Waals surface area (Å²) in [6.45, 7) is 2.37. The standard InChI is InChI=1S/C22H27ClO5/c1-3-27-21-7-5-4-6-15(21)10-16-11-17(8-9-20(16)23)22(26-2)13-18(25)12-19(14-24)28-22/h4-9,11,18-19,24-25H,3,10,12-14H2,1-2H3. The van der Waals surface area contributed by atoms with Crippen LogP contribution < -0.4 is 4.74 Å². The van der Waals surface area contributed by atoms with E-state index in [9.17, 15) is 10.2 Å². The molecule has 6 heteroatoms. The summed E-state index contributed by atoms with van der Waals surface area (Å²) in [7, 11) is 1.55. The van der Waals surface area contributed by atoms with Gasteiger partial charge in [-0.2, -0.15) is 0 Å². The minimum atomic E-state index is -1.12. The Balaban J connectivity index is 1.95. The highest BCUT2D eigenvalue weighted by atomic mass is 35.5. The quantitative estimate of drug-likeness (QED) is 0.734. The van der Waals surface area contributed by atoms with Crippen LogP contribution in [0.15, 0.2) is 42.5 Å². The minimum absolute atomic E-state index is 0.176. The molecule has 152 valence electrons. The molecule has 1 aliphatic heterocycles. The van der Waals surface area contributed by atoms with E-state index in [1.807, 2.05) is 49.4 Å². The normalized spacial score (nSPS) is 24.9. The lowest BCUT2D eigenvalue weighted by Gasteiger charge is -2.42. The zero-order valence-electron chi connectivity index (χ0n) is 16.2. The van der Waals surface area contributed by atoms with Crippen LogP contribution in [0.3, 0.4) is 0 Å². The second-order valence-corrected chi connectivity index (χ2v) is 7.40. The average molecular weight is 407 g/mol. The van der Waals surface area contributed by atoms with Gasteiger partial charge in [-0.05, 0) is 36.2 Å². The summed E-state index contributed by atoms with van der Waals surface area (Å²) >= 11 is 6.48. The Morgan fingerprint density at radius 1 is 1.21 bits per heavy atom. The van der Waals surface area contributed by atoms with Crippen molar-refractivity contribution in [1.82, 2.24) is 0 Å². The van der Waals surface area contributed by atoms with E-state index >= 15 is 0 Å². The molecule has 1 aliphatic rings. The maximum atomic E-state index is 10.3. The molecule has 0 amide bonds. The van der Waals surface area contributed by atoms with Crippen molar-refractivity contribution in [1.29, 1.82) is 0 Å². The van der Waals surface area contributed by atoms with Gasteiger partial charge in [0.1, 0.15) is 5.75 Å². The number of hydrogen-bond donors (Lipinski definition) is 2. The molecule has 0 aromatic heterocycles. The molecule has 2 aromatic carbocycles. The highest BCUT2D eigenvalue weighted by Crippen LogP contribution is 2.40. The van der Waals surface area contributed by atoms with Crippen molar-refractivity contribution in [2.24, 2.45) is 0 Å². The lowest BCUT2D eigenvalue weighted by molar-refractivity contribution is -0.298. The molecule has 5 nitrogen and oxygen atoms in total. The van der Waals surface area contributed by atoms with Crippen molar-refractivity contribution < 1.29 is 24.4 Å². The summed E-state index contributed by atoms with van der Waals surface area (Å²) in [5.41, 5.74) is 2.71. The van der Waals surface area contributed by atoms with Gasteiger partial charge in [-0.3, -0.25) is 0 Å². The van der Waals surface area contributed by atoms with Crippen LogP contribution in [0.4, 0.5) is 0 Å². The van der Waals surface area contributed by atoms with Crippen molar-refractivity contribution in [3.05, 3.63) is 64.2 Å². The Morgan fingerprint density at radius 3 is 2.71 bits per heavy atom. The van der Waals surface area contributed by atoms with E-state index in [-0.39, 0.29) is 13.0 Å². The van der Waals surface area contributed by atoms with E-state index < -0.39 is 18.0 Å². The summed E-state index contributed by atoms with van der Waals surface area (Å²) in [4.78, 5) is 0. The molecule has 0 aliphatic carbocycles. The van der Waals surface area contributed by atoms with Crippen molar-refractivity contribution in [3.63, 3.8) is 0 Å². The van der Waals surface area contributed by atoms with Crippen LogP contribution in [-0.2, 0) is 21.7 Å². The van der Waals surface area contributed by atoms with Crippen molar-refractivity contribution in [3.8, 4) is 5.75 Å². The molecule has 0 radical (unpaired) electrons. The smallest absolute Gasteiger partial charge is 0.197 e. The van der Waals surface area contributed by atoms with Gasteiger partial charge in [0.2, 0.25) is 0 Å².